The van der Waals surface area contributed by atoms with Crippen molar-refractivity contribution < 1.29 is 14.6 Å². The van der Waals surface area contributed by atoms with Gasteiger partial charge in [0.15, 0.2) is 0 Å². The second-order valence-electron chi connectivity index (χ2n) is 9.12. The molecule has 3 heteroatoms. The number of hydrogen-bond donors (Lipinski definition) is 1. The van der Waals surface area contributed by atoms with Crippen molar-refractivity contribution in [1.29, 1.82) is 0 Å². The molecular weight excluding hydrogens is 372 g/mol. The molecule has 0 spiro atoms. The van der Waals surface area contributed by atoms with Gasteiger partial charge in [0.05, 0.1) is 6.61 Å². The molecular formula is C27H54O3. The molecule has 180 valence electrons. The Morgan fingerprint density at radius 2 is 0.900 bits per heavy atom. The summed E-state index contributed by atoms with van der Waals surface area (Å²) in [5.41, 5.74) is 0. The van der Waals surface area contributed by atoms with Crippen molar-refractivity contribution in [2.24, 2.45) is 0 Å². The Morgan fingerprint density at radius 3 is 1.33 bits per heavy atom. The van der Waals surface area contributed by atoms with Crippen LogP contribution in [0, 0.1) is 0 Å². The first-order valence-electron chi connectivity index (χ1n) is 13.6. The Kier molecular flexibility index (Phi) is 26.0. The van der Waals surface area contributed by atoms with Crippen LogP contribution in [0.4, 0.5) is 0 Å². The van der Waals surface area contributed by atoms with E-state index in [-0.39, 0.29) is 5.97 Å². The Bertz CT molecular complexity index is 330. The summed E-state index contributed by atoms with van der Waals surface area (Å²) in [6.45, 7) is 3.19. The molecule has 0 aliphatic carbocycles. The number of rotatable bonds is 25. The van der Waals surface area contributed by atoms with Gasteiger partial charge in [-0.05, 0) is 19.3 Å². The van der Waals surface area contributed by atoms with Crippen LogP contribution in [0.25, 0.3) is 0 Å². The van der Waals surface area contributed by atoms with E-state index in [2.05, 4.69) is 6.92 Å². The fraction of sp³-hybridized carbons (Fsp3) is 0.963. The van der Waals surface area contributed by atoms with E-state index in [0.29, 0.717) is 19.6 Å². The monoisotopic (exact) mass is 426 g/mol. The van der Waals surface area contributed by atoms with Crippen molar-refractivity contribution >= 4 is 5.97 Å². The zero-order valence-electron chi connectivity index (χ0n) is 20.4. The zero-order valence-corrected chi connectivity index (χ0v) is 20.4. The van der Waals surface area contributed by atoms with E-state index in [1.165, 1.54) is 109 Å². The molecule has 0 rings (SSSR count). The summed E-state index contributed by atoms with van der Waals surface area (Å²) >= 11 is 0. The van der Waals surface area contributed by atoms with Gasteiger partial charge in [-0.15, -0.1) is 0 Å². The summed E-state index contributed by atoms with van der Waals surface area (Å²) in [5.74, 6) is -0.00681. The Labute approximate surface area is 188 Å². The molecule has 0 atom stereocenters. The molecule has 0 saturated carbocycles. The van der Waals surface area contributed by atoms with Crippen molar-refractivity contribution in [3.63, 3.8) is 0 Å². The highest BCUT2D eigenvalue weighted by Gasteiger charge is 2.02. The molecule has 0 aliphatic rings. The van der Waals surface area contributed by atoms with E-state index in [0.717, 1.165) is 32.1 Å². The van der Waals surface area contributed by atoms with Gasteiger partial charge in [0.1, 0.15) is 0 Å². The number of esters is 1. The lowest BCUT2D eigenvalue weighted by molar-refractivity contribution is -0.143. The largest absolute Gasteiger partial charge is 0.466 e. The van der Waals surface area contributed by atoms with Crippen LogP contribution >= 0.6 is 0 Å². The van der Waals surface area contributed by atoms with Crippen molar-refractivity contribution in [3.05, 3.63) is 0 Å². The van der Waals surface area contributed by atoms with Gasteiger partial charge in [-0.1, -0.05) is 129 Å². The van der Waals surface area contributed by atoms with Crippen LogP contribution in [0.15, 0.2) is 0 Å². The van der Waals surface area contributed by atoms with Crippen LogP contribution in [-0.2, 0) is 9.53 Å². The van der Waals surface area contributed by atoms with Gasteiger partial charge in [-0.2, -0.15) is 0 Å². The number of unbranched alkanes of at least 4 members (excludes halogenated alkanes) is 20. The molecule has 0 aromatic heterocycles. The minimum Gasteiger partial charge on any atom is -0.466 e. The fourth-order valence-electron chi connectivity index (χ4n) is 4.00. The maximum atomic E-state index is 11.7. The van der Waals surface area contributed by atoms with Gasteiger partial charge in [0, 0.05) is 13.0 Å². The van der Waals surface area contributed by atoms with Crippen LogP contribution in [0.5, 0.6) is 0 Å². The van der Waals surface area contributed by atoms with E-state index in [1.54, 1.807) is 0 Å². The third kappa shape index (κ3) is 25.5. The number of hydrogen-bond acceptors (Lipinski definition) is 3. The van der Waals surface area contributed by atoms with Gasteiger partial charge in [0.2, 0.25) is 0 Å². The molecule has 0 aromatic carbocycles. The van der Waals surface area contributed by atoms with Gasteiger partial charge in [-0.25, -0.2) is 0 Å². The van der Waals surface area contributed by atoms with Gasteiger partial charge in [0.25, 0.3) is 0 Å². The molecule has 0 fully saturated rings. The molecule has 0 amide bonds. The highest BCUT2D eigenvalue weighted by molar-refractivity contribution is 5.69. The van der Waals surface area contributed by atoms with Crippen LogP contribution in [-0.4, -0.2) is 24.3 Å². The lowest BCUT2D eigenvalue weighted by atomic mass is 10.0. The summed E-state index contributed by atoms with van der Waals surface area (Å²) in [5, 5.41) is 8.73. The second kappa shape index (κ2) is 26.5. The van der Waals surface area contributed by atoms with Crippen molar-refractivity contribution in [3.8, 4) is 0 Å². The molecule has 1 N–H and O–H groups in total. The lowest BCUT2D eigenvalue weighted by Gasteiger charge is -2.05. The first kappa shape index (κ1) is 29.4. The normalized spacial score (nSPS) is 11.1. The SMILES string of the molecule is CCCCCCCCCCCCCCCCCC(=O)OCCCCCCCCCO. The van der Waals surface area contributed by atoms with E-state index in [4.69, 9.17) is 9.84 Å². The summed E-state index contributed by atoms with van der Waals surface area (Å²) in [4.78, 5) is 11.7. The molecule has 0 heterocycles. The maximum absolute atomic E-state index is 11.7. The molecule has 0 radical (unpaired) electrons. The van der Waals surface area contributed by atoms with Crippen LogP contribution in [0.2, 0.25) is 0 Å². The van der Waals surface area contributed by atoms with Crippen LogP contribution in [0.1, 0.15) is 155 Å². The first-order valence-corrected chi connectivity index (χ1v) is 13.6. The quantitative estimate of drug-likeness (QED) is 0.117. The Hall–Kier alpha value is -0.570. The summed E-state index contributed by atoms with van der Waals surface area (Å²) < 4.78 is 5.33. The maximum Gasteiger partial charge on any atom is 0.305 e. The number of carbonyl (C=O) groups excluding carboxylic acids is 1. The van der Waals surface area contributed by atoms with E-state index < -0.39 is 0 Å². The van der Waals surface area contributed by atoms with Gasteiger partial charge >= 0.3 is 5.97 Å². The highest BCUT2D eigenvalue weighted by atomic mass is 16.5. The average Bonchev–Trinajstić information content (AvgIpc) is 2.75. The van der Waals surface area contributed by atoms with Crippen LogP contribution in [0.3, 0.4) is 0 Å². The molecule has 0 bridgehead atoms. The first-order chi connectivity index (χ1) is 14.8. The molecule has 0 aliphatic heterocycles. The smallest absolute Gasteiger partial charge is 0.305 e. The zero-order chi connectivity index (χ0) is 22.0. The Morgan fingerprint density at radius 1 is 0.533 bits per heavy atom. The molecule has 0 aromatic rings. The molecule has 0 saturated heterocycles. The summed E-state index contributed by atoms with van der Waals surface area (Å²) in [6.07, 6.45) is 28.7. The summed E-state index contributed by atoms with van der Waals surface area (Å²) in [7, 11) is 0. The third-order valence-electron chi connectivity index (χ3n) is 6.05. The minimum absolute atomic E-state index is 0.00681. The third-order valence-corrected chi connectivity index (χ3v) is 6.05. The number of carbonyl (C=O) groups is 1. The predicted octanol–water partition coefficient (Wildman–Crippen LogP) is 8.51. The summed E-state index contributed by atoms with van der Waals surface area (Å²) in [6, 6.07) is 0. The molecule has 30 heavy (non-hydrogen) atoms. The van der Waals surface area contributed by atoms with Crippen LogP contribution < -0.4 is 0 Å². The lowest BCUT2D eigenvalue weighted by Crippen LogP contribution is -2.05. The van der Waals surface area contributed by atoms with Crippen molar-refractivity contribution in [2.75, 3.05) is 13.2 Å². The second-order valence-corrected chi connectivity index (χ2v) is 9.12. The van der Waals surface area contributed by atoms with E-state index in [1.807, 2.05) is 0 Å². The molecule has 3 nitrogen and oxygen atoms in total. The highest BCUT2D eigenvalue weighted by Crippen LogP contribution is 2.14. The predicted molar refractivity (Wildman–Crippen MR) is 130 cm³/mol. The number of aliphatic hydroxyl groups is 1. The van der Waals surface area contributed by atoms with E-state index >= 15 is 0 Å². The Balaban J connectivity index is 3.12. The average molecular weight is 427 g/mol. The van der Waals surface area contributed by atoms with E-state index in [9.17, 15) is 4.79 Å². The van der Waals surface area contributed by atoms with Gasteiger partial charge < -0.3 is 9.84 Å². The fourth-order valence-corrected chi connectivity index (χ4v) is 4.00. The van der Waals surface area contributed by atoms with Crippen molar-refractivity contribution in [1.82, 2.24) is 0 Å². The van der Waals surface area contributed by atoms with Gasteiger partial charge in [-0.3, -0.25) is 4.79 Å². The number of aliphatic hydroxyl groups excluding tert-OH is 1. The molecule has 0 unspecified atom stereocenters. The topological polar surface area (TPSA) is 46.5 Å². The minimum atomic E-state index is -0.00681. The van der Waals surface area contributed by atoms with Crippen molar-refractivity contribution in [2.45, 2.75) is 155 Å². The number of ether oxygens (including phenoxy) is 1. The standard InChI is InChI=1S/C27H54O3/c1-2-3-4-5-6-7-8-9-10-11-12-13-15-18-21-24-27(29)30-26-23-20-17-14-16-19-22-25-28/h28H,2-26H2,1H3.